The molecule has 0 bridgehead atoms. The van der Waals surface area contributed by atoms with Crippen molar-refractivity contribution in [2.24, 2.45) is 0 Å². The maximum atomic E-state index is 5.85. The molecule has 1 unspecified atom stereocenters. The first-order valence-corrected chi connectivity index (χ1v) is 6.99. The highest BCUT2D eigenvalue weighted by Gasteiger charge is 2.10. The van der Waals surface area contributed by atoms with Gasteiger partial charge in [0.25, 0.3) is 0 Å². The molecule has 0 aliphatic rings. The molecule has 108 valence electrons. The summed E-state index contributed by atoms with van der Waals surface area (Å²) < 4.78 is 11.0. The average Bonchev–Trinajstić information content (AvgIpc) is 2.76. The second kappa shape index (κ2) is 6.57. The fourth-order valence-corrected chi connectivity index (χ4v) is 2.16. The number of hydrogen-bond donors (Lipinski definition) is 1. The average molecular weight is 274 g/mol. The third kappa shape index (κ3) is 3.39. The molecular weight excluding hydrogens is 252 g/mol. The van der Waals surface area contributed by atoms with Gasteiger partial charge in [-0.25, -0.2) is 0 Å². The number of ether oxygens (including phenoxy) is 1. The van der Waals surface area contributed by atoms with Crippen molar-refractivity contribution in [3.8, 4) is 5.75 Å². The molecular formula is C16H22N2O2. The minimum absolute atomic E-state index is 0.322. The molecule has 1 atom stereocenters. The molecule has 0 fully saturated rings. The van der Waals surface area contributed by atoms with Crippen LogP contribution in [0.3, 0.4) is 0 Å². The van der Waals surface area contributed by atoms with Crippen LogP contribution in [0.4, 0.5) is 0 Å². The Morgan fingerprint density at radius 2 is 2.15 bits per heavy atom. The van der Waals surface area contributed by atoms with Gasteiger partial charge in [0.1, 0.15) is 18.1 Å². The fourth-order valence-electron chi connectivity index (χ4n) is 2.16. The lowest BCUT2D eigenvalue weighted by Crippen LogP contribution is -2.17. The van der Waals surface area contributed by atoms with Crippen LogP contribution in [-0.4, -0.2) is 11.7 Å². The molecule has 1 N–H and O–H groups in total. The molecule has 20 heavy (non-hydrogen) atoms. The van der Waals surface area contributed by atoms with E-state index in [1.807, 2.05) is 26.0 Å². The van der Waals surface area contributed by atoms with E-state index in [1.54, 1.807) is 0 Å². The smallest absolute Gasteiger partial charge is 0.140 e. The van der Waals surface area contributed by atoms with Gasteiger partial charge >= 0.3 is 0 Å². The molecule has 1 heterocycles. The van der Waals surface area contributed by atoms with Crippen molar-refractivity contribution in [2.75, 3.05) is 6.54 Å². The zero-order valence-electron chi connectivity index (χ0n) is 12.6. The molecule has 0 spiro atoms. The highest BCUT2D eigenvalue weighted by molar-refractivity contribution is 5.31. The monoisotopic (exact) mass is 274 g/mol. The number of aromatic nitrogens is 1. The van der Waals surface area contributed by atoms with E-state index in [2.05, 4.69) is 36.5 Å². The minimum Gasteiger partial charge on any atom is -0.489 e. The van der Waals surface area contributed by atoms with Crippen LogP contribution in [0.25, 0.3) is 0 Å². The standard InChI is InChI=1S/C16H22N2O2/c1-5-17-11(2)14-7-6-8-15(9-14)19-10-16-12(3)18-20-13(16)4/h6-9,11,17H,5,10H2,1-4H3. The molecule has 0 saturated heterocycles. The minimum atomic E-state index is 0.322. The summed E-state index contributed by atoms with van der Waals surface area (Å²) in [6, 6.07) is 8.50. The number of rotatable bonds is 6. The SMILES string of the molecule is CCNC(C)c1cccc(OCc2c(C)noc2C)c1. The van der Waals surface area contributed by atoms with E-state index in [1.165, 1.54) is 5.56 Å². The molecule has 1 aromatic heterocycles. The first-order valence-electron chi connectivity index (χ1n) is 6.99. The quantitative estimate of drug-likeness (QED) is 0.875. The summed E-state index contributed by atoms with van der Waals surface area (Å²) >= 11 is 0. The Morgan fingerprint density at radius 3 is 2.80 bits per heavy atom. The number of benzene rings is 1. The van der Waals surface area contributed by atoms with Gasteiger partial charge in [0.2, 0.25) is 0 Å². The van der Waals surface area contributed by atoms with Crippen LogP contribution in [0.2, 0.25) is 0 Å². The van der Waals surface area contributed by atoms with Crippen molar-refractivity contribution in [2.45, 2.75) is 40.3 Å². The van der Waals surface area contributed by atoms with Crippen LogP contribution in [0.1, 0.15) is 42.5 Å². The molecule has 2 rings (SSSR count). The van der Waals surface area contributed by atoms with Crippen molar-refractivity contribution in [3.63, 3.8) is 0 Å². The Bertz CT molecular complexity index is 544. The largest absolute Gasteiger partial charge is 0.489 e. The van der Waals surface area contributed by atoms with E-state index < -0.39 is 0 Å². The van der Waals surface area contributed by atoms with Crippen LogP contribution in [0.5, 0.6) is 5.75 Å². The van der Waals surface area contributed by atoms with Crippen molar-refractivity contribution in [1.29, 1.82) is 0 Å². The summed E-state index contributed by atoms with van der Waals surface area (Å²) in [5.41, 5.74) is 3.14. The van der Waals surface area contributed by atoms with Crippen LogP contribution < -0.4 is 10.1 Å². The van der Waals surface area contributed by atoms with E-state index in [0.717, 1.165) is 29.3 Å². The topological polar surface area (TPSA) is 47.3 Å². The third-order valence-electron chi connectivity index (χ3n) is 3.43. The number of nitrogens with zero attached hydrogens (tertiary/aromatic N) is 1. The Kier molecular flexibility index (Phi) is 4.79. The van der Waals surface area contributed by atoms with E-state index in [-0.39, 0.29) is 0 Å². The number of nitrogens with one attached hydrogen (secondary N) is 1. The van der Waals surface area contributed by atoms with Crippen molar-refractivity contribution < 1.29 is 9.26 Å². The lowest BCUT2D eigenvalue weighted by Gasteiger charge is -2.14. The predicted octanol–water partition coefficient (Wildman–Crippen LogP) is 3.54. The van der Waals surface area contributed by atoms with Gasteiger partial charge in [0.15, 0.2) is 0 Å². The molecule has 4 nitrogen and oxygen atoms in total. The van der Waals surface area contributed by atoms with E-state index in [4.69, 9.17) is 9.26 Å². The Balaban J connectivity index is 2.05. The zero-order chi connectivity index (χ0) is 14.5. The molecule has 1 aromatic carbocycles. The summed E-state index contributed by atoms with van der Waals surface area (Å²) in [6.07, 6.45) is 0. The lowest BCUT2D eigenvalue weighted by atomic mass is 10.1. The molecule has 0 saturated carbocycles. The molecule has 2 aromatic rings. The van der Waals surface area contributed by atoms with Crippen molar-refractivity contribution >= 4 is 0 Å². The van der Waals surface area contributed by atoms with Crippen LogP contribution in [0, 0.1) is 13.8 Å². The second-order valence-corrected chi connectivity index (χ2v) is 4.94. The molecule has 0 amide bonds. The highest BCUT2D eigenvalue weighted by Crippen LogP contribution is 2.21. The summed E-state index contributed by atoms with van der Waals surface area (Å²) in [5, 5.41) is 7.33. The summed E-state index contributed by atoms with van der Waals surface area (Å²) in [4.78, 5) is 0. The number of hydrogen-bond acceptors (Lipinski definition) is 4. The second-order valence-electron chi connectivity index (χ2n) is 4.94. The first-order chi connectivity index (χ1) is 9.61. The van der Waals surface area contributed by atoms with Gasteiger partial charge in [-0.05, 0) is 45.0 Å². The normalized spacial score (nSPS) is 12.4. The van der Waals surface area contributed by atoms with Gasteiger partial charge in [-0.1, -0.05) is 24.2 Å². The fraction of sp³-hybridized carbons (Fsp3) is 0.438. The summed E-state index contributed by atoms with van der Waals surface area (Å²) in [6.45, 7) is 9.53. The van der Waals surface area contributed by atoms with E-state index in [0.29, 0.717) is 12.6 Å². The first kappa shape index (κ1) is 14.6. The highest BCUT2D eigenvalue weighted by atomic mass is 16.5. The summed E-state index contributed by atoms with van der Waals surface area (Å²) in [5.74, 6) is 1.69. The molecule has 0 aliphatic heterocycles. The van der Waals surface area contributed by atoms with Gasteiger partial charge in [-0.15, -0.1) is 0 Å². The van der Waals surface area contributed by atoms with Crippen LogP contribution >= 0.6 is 0 Å². The molecule has 0 aliphatic carbocycles. The van der Waals surface area contributed by atoms with Gasteiger partial charge in [0.05, 0.1) is 11.3 Å². The maximum absolute atomic E-state index is 5.85. The van der Waals surface area contributed by atoms with Gasteiger partial charge < -0.3 is 14.6 Å². The van der Waals surface area contributed by atoms with Crippen molar-refractivity contribution in [1.82, 2.24) is 10.5 Å². The van der Waals surface area contributed by atoms with E-state index in [9.17, 15) is 0 Å². The number of aryl methyl sites for hydroxylation is 2. The predicted molar refractivity (Wildman–Crippen MR) is 78.8 cm³/mol. The zero-order valence-corrected chi connectivity index (χ0v) is 12.6. The van der Waals surface area contributed by atoms with Gasteiger partial charge in [0, 0.05) is 6.04 Å². The van der Waals surface area contributed by atoms with E-state index >= 15 is 0 Å². The maximum Gasteiger partial charge on any atom is 0.140 e. The Labute approximate surface area is 120 Å². The lowest BCUT2D eigenvalue weighted by molar-refractivity contribution is 0.301. The molecule has 4 heteroatoms. The molecule has 0 radical (unpaired) electrons. The van der Waals surface area contributed by atoms with Gasteiger partial charge in [-0.3, -0.25) is 0 Å². The van der Waals surface area contributed by atoms with Crippen molar-refractivity contribution in [3.05, 3.63) is 46.8 Å². The third-order valence-corrected chi connectivity index (χ3v) is 3.43. The van der Waals surface area contributed by atoms with Crippen LogP contribution in [0.15, 0.2) is 28.8 Å². The summed E-state index contributed by atoms with van der Waals surface area (Å²) in [7, 11) is 0. The Hall–Kier alpha value is -1.81. The Morgan fingerprint density at radius 1 is 1.35 bits per heavy atom. The van der Waals surface area contributed by atoms with Crippen LogP contribution in [-0.2, 0) is 6.61 Å². The van der Waals surface area contributed by atoms with Gasteiger partial charge in [-0.2, -0.15) is 0 Å².